The van der Waals surface area contributed by atoms with E-state index in [1.54, 1.807) is 6.92 Å². The van der Waals surface area contributed by atoms with E-state index in [4.69, 9.17) is 0 Å². The Labute approximate surface area is 61.2 Å². The highest BCUT2D eigenvalue weighted by atomic mass is 32.2. The van der Waals surface area contributed by atoms with Crippen LogP contribution in [-0.2, 0) is 4.79 Å². The molecule has 0 aromatic heterocycles. The van der Waals surface area contributed by atoms with E-state index >= 15 is 0 Å². The molecule has 0 aliphatic heterocycles. The number of hydrogen-bond acceptors (Lipinski definition) is 2. The van der Waals surface area contributed by atoms with E-state index < -0.39 is 0 Å². The number of rotatable bonds is 4. The van der Waals surface area contributed by atoms with Gasteiger partial charge in [0.1, 0.15) is 0 Å². The van der Waals surface area contributed by atoms with Gasteiger partial charge in [0, 0.05) is 12.7 Å². The van der Waals surface area contributed by atoms with Crippen molar-refractivity contribution in [2.75, 3.05) is 5.75 Å². The van der Waals surface area contributed by atoms with Gasteiger partial charge >= 0.3 is 0 Å². The first-order valence-electron chi connectivity index (χ1n) is 3.20. The number of hydrogen-bond donors (Lipinski definition) is 0. The first-order chi connectivity index (χ1) is 4.27. The Kier molecular flexibility index (Phi) is 6.16. The van der Waals surface area contributed by atoms with E-state index in [0.717, 1.165) is 25.0 Å². The zero-order chi connectivity index (χ0) is 7.11. The fourth-order valence-corrected chi connectivity index (χ4v) is 1.13. The fraction of sp³-hybridized carbons (Fsp3) is 0.714. The molecule has 0 aliphatic rings. The van der Waals surface area contributed by atoms with Crippen molar-refractivity contribution >= 4 is 16.9 Å². The van der Waals surface area contributed by atoms with Crippen LogP contribution in [0.25, 0.3) is 0 Å². The van der Waals surface area contributed by atoms with Crippen LogP contribution >= 0.6 is 11.8 Å². The average Bonchev–Trinajstić information content (AvgIpc) is 1.80. The van der Waals surface area contributed by atoms with Gasteiger partial charge in [0.25, 0.3) is 0 Å². The molecule has 53 valence electrons. The second-order valence-electron chi connectivity index (χ2n) is 1.90. The summed E-state index contributed by atoms with van der Waals surface area (Å²) in [5.41, 5.74) is 0. The van der Waals surface area contributed by atoms with Crippen LogP contribution in [0.5, 0.6) is 0 Å². The first kappa shape index (κ1) is 9.02. The molecule has 0 spiro atoms. The Morgan fingerprint density at radius 1 is 1.56 bits per heavy atom. The summed E-state index contributed by atoms with van der Waals surface area (Å²) in [7, 11) is 0. The van der Waals surface area contributed by atoms with Gasteiger partial charge in [0.05, 0.1) is 0 Å². The lowest BCUT2D eigenvalue weighted by Crippen LogP contribution is -1.85. The van der Waals surface area contributed by atoms with Gasteiger partial charge < -0.3 is 0 Å². The van der Waals surface area contributed by atoms with Crippen LogP contribution < -0.4 is 0 Å². The summed E-state index contributed by atoms with van der Waals surface area (Å²) < 4.78 is 0. The van der Waals surface area contributed by atoms with Crippen molar-refractivity contribution in [3.05, 3.63) is 6.92 Å². The summed E-state index contributed by atoms with van der Waals surface area (Å²) in [6, 6.07) is 0. The van der Waals surface area contributed by atoms with Crippen molar-refractivity contribution in [3.63, 3.8) is 0 Å². The highest BCUT2D eigenvalue weighted by Gasteiger charge is 1.91. The lowest BCUT2D eigenvalue weighted by Gasteiger charge is -1.93. The monoisotopic (exact) mass is 145 g/mol. The molecule has 0 fully saturated rings. The second kappa shape index (κ2) is 6.14. The Morgan fingerprint density at radius 3 is 2.67 bits per heavy atom. The molecule has 0 saturated carbocycles. The molecular formula is C7H13OS. The van der Waals surface area contributed by atoms with Gasteiger partial charge in [-0.15, -0.1) is 0 Å². The molecule has 0 aliphatic carbocycles. The molecule has 2 heteroatoms. The lowest BCUT2D eigenvalue weighted by molar-refractivity contribution is -0.109. The van der Waals surface area contributed by atoms with Gasteiger partial charge in [-0.2, -0.15) is 0 Å². The highest BCUT2D eigenvalue weighted by molar-refractivity contribution is 8.13. The molecule has 0 rings (SSSR count). The maximum Gasteiger partial charge on any atom is 0.185 e. The van der Waals surface area contributed by atoms with Gasteiger partial charge in [0.15, 0.2) is 5.12 Å². The van der Waals surface area contributed by atoms with Crippen LogP contribution in [0, 0.1) is 6.92 Å². The third-order valence-electron chi connectivity index (χ3n) is 0.950. The molecule has 1 radical (unpaired) electrons. The molecule has 0 amide bonds. The van der Waals surface area contributed by atoms with Crippen molar-refractivity contribution in [1.82, 2.24) is 0 Å². The van der Waals surface area contributed by atoms with Crippen LogP contribution in [0.2, 0.25) is 0 Å². The van der Waals surface area contributed by atoms with Gasteiger partial charge in [0.2, 0.25) is 0 Å². The second-order valence-corrected chi connectivity index (χ2v) is 3.17. The van der Waals surface area contributed by atoms with Gasteiger partial charge in [-0.1, -0.05) is 31.5 Å². The molecule has 0 atom stereocenters. The maximum absolute atomic E-state index is 10.4. The molecule has 0 N–H and O–H groups in total. The Morgan fingerprint density at radius 2 is 2.22 bits per heavy atom. The minimum atomic E-state index is 0.221. The SMILES string of the molecule is [CH2]CCCCSC(C)=O. The van der Waals surface area contributed by atoms with E-state index in [2.05, 4.69) is 6.92 Å². The van der Waals surface area contributed by atoms with Gasteiger partial charge in [-0.3, -0.25) is 4.79 Å². The predicted molar refractivity (Wildman–Crippen MR) is 42.3 cm³/mol. The molecule has 0 aromatic carbocycles. The normalized spacial score (nSPS) is 9.56. The average molecular weight is 145 g/mol. The highest BCUT2D eigenvalue weighted by Crippen LogP contribution is 2.05. The van der Waals surface area contributed by atoms with Crippen LogP contribution in [0.15, 0.2) is 0 Å². The first-order valence-corrected chi connectivity index (χ1v) is 4.18. The van der Waals surface area contributed by atoms with Crippen LogP contribution in [0.1, 0.15) is 26.2 Å². The topological polar surface area (TPSA) is 17.1 Å². The van der Waals surface area contributed by atoms with E-state index in [1.807, 2.05) is 0 Å². The van der Waals surface area contributed by atoms with Gasteiger partial charge in [-0.05, 0) is 6.42 Å². The molecular weight excluding hydrogens is 132 g/mol. The van der Waals surface area contributed by atoms with E-state index in [0.29, 0.717) is 0 Å². The molecule has 0 bridgehead atoms. The van der Waals surface area contributed by atoms with Crippen molar-refractivity contribution < 1.29 is 4.79 Å². The van der Waals surface area contributed by atoms with Crippen LogP contribution in [0.4, 0.5) is 0 Å². The Balaban J connectivity index is 2.83. The van der Waals surface area contributed by atoms with Crippen LogP contribution in [-0.4, -0.2) is 10.9 Å². The summed E-state index contributed by atoms with van der Waals surface area (Å²) in [6.07, 6.45) is 3.24. The smallest absolute Gasteiger partial charge is 0.185 e. The zero-order valence-electron chi connectivity index (χ0n) is 5.85. The standard InChI is InChI=1S/C7H13OS/c1-3-4-5-6-9-7(2)8/h1,3-6H2,2H3. The lowest BCUT2D eigenvalue weighted by atomic mass is 10.3. The molecule has 1 nitrogen and oxygen atoms in total. The largest absolute Gasteiger partial charge is 0.288 e. The number of carbonyl (C=O) groups excluding carboxylic acids is 1. The summed E-state index contributed by atoms with van der Waals surface area (Å²) in [5, 5.41) is 0.221. The van der Waals surface area contributed by atoms with Crippen LogP contribution in [0.3, 0.4) is 0 Å². The molecule has 0 unspecified atom stereocenters. The maximum atomic E-state index is 10.4. The van der Waals surface area contributed by atoms with Crippen molar-refractivity contribution in [3.8, 4) is 0 Å². The third kappa shape index (κ3) is 8.02. The minimum Gasteiger partial charge on any atom is -0.288 e. The summed E-state index contributed by atoms with van der Waals surface area (Å²) in [6.45, 7) is 5.31. The fourth-order valence-electron chi connectivity index (χ4n) is 0.495. The molecule has 0 heterocycles. The predicted octanol–water partition coefficient (Wildman–Crippen LogP) is 2.27. The van der Waals surface area contributed by atoms with E-state index in [-0.39, 0.29) is 5.12 Å². The Hall–Kier alpha value is 0.0200. The van der Waals surface area contributed by atoms with Crippen molar-refractivity contribution in [2.45, 2.75) is 26.2 Å². The number of unbranched alkanes of at least 4 members (excludes halogenated alkanes) is 2. The summed E-state index contributed by atoms with van der Waals surface area (Å²) in [4.78, 5) is 10.4. The van der Waals surface area contributed by atoms with Crippen molar-refractivity contribution in [2.24, 2.45) is 0 Å². The number of carbonyl (C=O) groups is 1. The van der Waals surface area contributed by atoms with Gasteiger partial charge in [-0.25, -0.2) is 0 Å². The summed E-state index contributed by atoms with van der Waals surface area (Å²) >= 11 is 1.40. The molecule has 0 aromatic rings. The zero-order valence-corrected chi connectivity index (χ0v) is 6.67. The number of thioether (sulfide) groups is 1. The molecule has 9 heavy (non-hydrogen) atoms. The van der Waals surface area contributed by atoms with E-state index in [1.165, 1.54) is 11.8 Å². The molecule has 0 saturated heterocycles. The third-order valence-corrected chi connectivity index (χ3v) is 1.85. The quantitative estimate of drug-likeness (QED) is 0.564. The summed E-state index contributed by atoms with van der Waals surface area (Å²) in [5.74, 6) is 0.963. The van der Waals surface area contributed by atoms with Crippen molar-refractivity contribution in [1.29, 1.82) is 0 Å². The Bertz CT molecular complexity index is 81.0. The van der Waals surface area contributed by atoms with E-state index in [9.17, 15) is 4.79 Å². The minimum absolute atomic E-state index is 0.221.